The number of benzene rings is 1. The van der Waals surface area contributed by atoms with Crippen molar-refractivity contribution in [1.82, 2.24) is 0 Å². The van der Waals surface area contributed by atoms with E-state index >= 15 is 0 Å². The third-order valence-corrected chi connectivity index (χ3v) is 2.20. The van der Waals surface area contributed by atoms with Crippen molar-refractivity contribution in [3.63, 3.8) is 0 Å². The highest BCUT2D eigenvalue weighted by Crippen LogP contribution is 2.01. The minimum absolute atomic E-state index is 0.472. The van der Waals surface area contributed by atoms with Crippen molar-refractivity contribution >= 4 is 22.6 Å². The second kappa shape index (κ2) is 5.44. The van der Waals surface area contributed by atoms with Crippen LogP contribution in [0, 0.1) is 0 Å². The maximum Gasteiger partial charge on any atom is 0.180 e. The Morgan fingerprint density at radius 3 is 2.43 bits per heavy atom. The van der Waals surface area contributed by atoms with E-state index in [2.05, 4.69) is 10.2 Å². The van der Waals surface area contributed by atoms with Crippen LogP contribution in [0.4, 0.5) is 0 Å². The van der Waals surface area contributed by atoms with E-state index < -0.39 is 0 Å². The summed E-state index contributed by atoms with van der Waals surface area (Å²) >= 11 is 1.38. The minimum atomic E-state index is 0.472. The number of hydrogen-bond acceptors (Lipinski definition) is 3. The fourth-order valence-electron chi connectivity index (χ4n) is 0.902. The van der Waals surface area contributed by atoms with Gasteiger partial charge in [-0.2, -0.15) is 5.10 Å². The Morgan fingerprint density at radius 1 is 1.21 bits per heavy atom. The highest BCUT2D eigenvalue weighted by molar-refractivity contribution is 8.13. The molecule has 0 radical (unpaired) electrons. The molecule has 0 spiro atoms. The van der Waals surface area contributed by atoms with Gasteiger partial charge < -0.3 is 5.73 Å². The predicted molar refractivity (Wildman–Crippen MR) is 63.8 cm³/mol. The topological polar surface area (TPSA) is 50.7 Å². The van der Waals surface area contributed by atoms with Crippen molar-refractivity contribution in [3.8, 4) is 0 Å². The van der Waals surface area contributed by atoms with Gasteiger partial charge in [-0.3, -0.25) is 0 Å². The van der Waals surface area contributed by atoms with E-state index in [0.29, 0.717) is 5.17 Å². The van der Waals surface area contributed by atoms with Gasteiger partial charge in [-0.25, -0.2) is 0 Å². The van der Waals surface area contributed by atoms with Gasteiger partial charge in [-0.15, -0.1) is 5.10 Å². The molecule has 74 valence electrons. The highest BCUT2D eigenvalue weighted by atomic mass is 32.2. The largest absolute Gasteiger partial charge is 0.377 e. The first kappa shape index (κ1) is 10.8. The van der Waals surface area contributed by atoms with Crippen LogP contribution < -0.4 is 5.73 Å². The Kier molecular flexibility index (Phi) is 4.19. The van der Waals surface area contributed by atoms with Gasteiger partial charge in [-0.1, -0.05) is 42.1 Å². The first-order valence-corrected chi connectivity index (χ1v) is 5.43. The Balaban J connectivity index is 2.81. The molecule has 0 heterocycles. The Hall–Kier alpha value is -1.29. The third kappa shape index (κ3) is 3.22. The summed E-state index contributed by atoms with van der Waals surface area (Å²) in [7, 11) is 0. The van der Waals surface area contributed by atoms with Crippen LogP contribution in [0.3, 0.4) is 0 Å². The summed E-state index contributed by atoms with van der Waals surface area (Å²) in [5.74, 6) is 0. The molecule has 0 atom stereocenters. The van der Waals surface area contributed by atoms with Gasteiger partial charge in [0, 0.05) is 0 Å². The van der Waals surface area contributed by atoms with Crippen LogP contribution in [0.25, 0.3) is 0 Å². The normalized spacial score (nSPS) is 13.0. The minimum Gasteiger partial charge on any atom is -0.377 e. The number of nitrogens with two attached hydrogens (primary N) is 1. The van der Waals surface area contributed by atoms with Crippen LogP contribution in [0.15, 0.2) is 40.5 Å². The van der Waals surface area contributed by atoms with E-state index in [0.717, 1.165) is 11.3 Å². The van der Waals surface area contributed by atoms with E-state index in [-0.39, 0.29) is 0 Å². The average Bonchev–Trinajstić information content (AvgIpc) is 2.26. The van der Waals surface area contributed by atoms with Crippen LogP contribution >= 0.6 is 11.8 Å². The van der Waals surface area contributed by atoms with Gasteiger partial charge in [0.2, 0.25) is 0 Å². The first-order chi connectivity index (χ1) is 6.74. The molecule has 0 aromatic heterocycles. The maximum absolute atomic E-state index is 5.51. The number of nitrogens with zero attached hydrogens (tertiary/aromatic N) is 2. The quantitative estimate of drug-likeness (QED) is 0.458. The van der Waals surface area contributed by atoms with Crippen molar-refractivity contribution in [2.24, 2.45) is 15.9 Å². The summed E-state index contributed by atoms with van der Waals surface area (Å²) in [4.78, 5) is 0. The molecule has 3 nitrogen and oxygen atoms in total. The molecule has 2 N–H and O–H groups in total. The lowest BCUT2D eigenvalue weighted by Crippen LogP contribution is -2.04. The molecule has 0 amide bonds. The summed E-state index contributed by atoms with van der Waals surface area (Å²) in [5, 5.41) is 8.36. The van der Waals surface area contributed by atoms with E-state index in [1.807, 2.05) is 43.5 Å². The molecule has 4 heteroatoms. The van der Waals surface area contributed by atoms with Crippen molar-refractivity contribution in [3.05, 3.63) is 35.9 Å². The SMILES string of the molecule is CSC(N)=NN=C(C)c1ccccc1. The molecule has 1 aromatic rings. The lowest BCUT2D eigenvalue weighted by molar-refractivity contribution is 1.23. The van der Waals surface area contributed by atoms with Gasteiger partial charge in [0.05, 0.1) is 5.71 Å². The van der Waals surface area contributed by atoms with Gasteiger partial charge in [0.1, 0.15) is 0 Å². The molecule has 0 aliphatic carbocycles. The zero-order chi connectivity index (χ0) is 10.4. The van der Waals surface area contributed by atoms with E-state index in [4.69, 9.17) is 5.73 Å². The van der Waals surface area contributed by atoms with Gasteiger partial charge in [0.25, 0.3) is 0 Å². The molecule has 1 aromatic carbocycles. The zero-order valence-electron chi connectivity index (χ0n) is 8.27. The maximum atomic E-state index is 5.51. The van der Waals surface area contributed by atoms with Crippen LogP contribution in [0.1, 0.15) is 12.5 Å². The van der Waals surface area contributed by atoms with Crippen LogP contribution in [0.2, 0.25) is 0 Å². The molecule has 0 saturated carbocycles. The Morgan fingerprint density at radius 2 is 1.86 bits per heavy atom. The van der Waals surface area contributed by atoms with Crippen molar-refractivity contribution in [2.75, 3.05) is 6.26 Å². The van der Waals surface area contributed by atoms with Crippen LogP contribution in [-0.4, -0.2) is 17.1 Å². The van der Waals surface area contributed by atoms with Crippen molar-refractivity contribution < 1.29 is 0 Å². The molecule has 0 aliphatic rings. The summed E-state index contributed by atoms with van der Waals surface area (Å²) in [6, 6.07) is 9.88. The molecule has 0 bridgehead atoms. The molecule has 0 saturated heterocycles. The van der Waals surface area contributed by atoms with Crippen LogP contribution in [0.5, 0.6) is 0 Å². The summed E-state index contributed by atoms with van der Waals surface area (Å²) in [6.07, 6.45) is 1.87. The molecule has 1 rings (SSSR count). The lowest BCUT2D eigenvalue weighted by atomic mass is 10.1. The fourth-order valence-corrected chi connectivity index (χ4v) is 1.02. The van der Waals surface area contributed by atoms with Crippen molar-refractivity contribution in [1.29, 1.82) is 0 Å². The molecule has 0 fully saturated rings. The summed E-state index contributed by atoms with van der Waals surface area (Å²) in [6.45, 7) is 1.91. The van der Waals surface area contributed by atoms with E-state index in [9.17, 15) is 0 Å². The average molecular weight is 207 g/mol. The molecule has 0 aliphatic heterocycles. The van der Waals surface area contributed by atoms with Gasteiger partial charge in [0.15, 0.2) is 5.17 Å². The van der Waals surface area contributed by atoms with E-state index in [1.54, 1.807) is 0 Å². The number of rotatable bonds is 2. The van der Waals surface area contributed by atoms with Crippen LogP contribution in [-0.2, 0) is 0 Å². The Bertz CT molecular complexity index is 344. The molecule has 14 heavy (non-hydrogen) atoms. The van der Waals surface area contributed by atoms with Gasteiger partial charge in [-0.05, 0) is 18.7 Å². The smallest absolute Gasteiger partial charge is 0.180 e. The molecular formula is C10H13N3S. The highest BCUT2D eigenvalue weighted by Gasteiger charge is 1.94. The zero-order valence-corrected chi connectivity index (χ0v) is 9.08. The van der Waals surface area contributed by atoms with Crippen molar-refractivity contribution in [2.45, 2.75) is 6.92 Å². The third-order valence-electron chi connectivity index (χ3n) is 1.70. The second-order valence-electron chi connectivity index (χ2n) is 2.69. The second-order valence-corrected chi connectivity index (χ2v) is 3.52. The monoisotopic (exact) mass is 207 g/mol. The van der Waals surface area contributed by atoms with Gasteiger partial charge >= 0.3 is 0 Å². The molecule has 0 unspecified atom stereocenters. The molecular weight excluding hydrogens is 194 g/mol. The summed E-state index contributed by atoms with van der Waals surface area (Å²) in [5.41, 5.74) is 7.43. The number of hydrogen-bond donors (Lipinski definition) is 1. The summed E-state index contributed by atoms with van der Waals surface area (Å²) < 4.78 is 0. The Labute approximate surface area is 88.1 Å². The number of thioether (sulfide) groups is 1. The number of amidine groups is 1. The fraction of sp³-hybridized carbons (Fsp3) is 0.200. The predicted octanol–water partition coefficient (Wildman–Crippen LogP) is 2.09. The standard InChI is InChI=1S/C10H13N3S/c1-8(12-13-10(11)14-2)9-6-4-3-5-7-9/h3-7H,1-2H3,(H2,11,13). The van der Waals surface area contributed by atoms with E-state index in [1.165, 1.54) is 11.8 Å². The first-order valence-electron chi connectivity index (χ1n) is 4.21. The lowest BCUT2D eigenvalue weighted by Gasteiger charge is -1.97.